The average molecular weight is 424 g/mol. The van der Waals surface area contributed by atoms with Crippen LogP contribution in [-0.2, 0) is 4.74 Å². The van der Waals surface area contributed by atoms with Gasteiger partial charge in [0.15, 0.2) is 5.13 Å². The summed E-state index contributed by atoms with van der Waals surface area (Å²) >= 11 is 1.60. The number of anilines is 1. The number of amides is 1. The highest BCUT2D eigenvalue weighted by Gasteiger charge is 2.22. The van der Waals surface area contributed by atoms with Gasteiger partial charge in [-0.2, -0.15) is 0 Å². The average Bonchev–Trinajstić information content (AvgIpc) is 3.19. The highest BCUT2D eigenvalue weighted by Crippen LogP contribution is 2.32. The number of benzene rings is 2. The van der Waals surface area contributed by atoms with Gasteiger partial charge in [-0.15, -0.1) is 0 Å². The number of morpholine rings is 1. The van der Waals surface area contributed by atoms with Crippen molar-refractivity contribution in [2.24, 2.45) is 0 Å². The largest absolute Gasteiger partial charge is 0.379 e. The van der Waals surface area contributed by atoms with E-state index >= 15 is 0 Å². The minimum Gasteiger partial charge on any atom is -0.379 e. The SMILES string of the molecule is Cc1ccc(C(=O)N(CCCN2CCOCC2)c2nc3c(C)c(C)ccc3s2)cc1. The Hall–Kier alpha value is -2.28. The molecule has 4 rings (SSSR count). The zero-order chi connectivity index (χ0) is 21.1. The molecular formula is C24H29N3O2S. The van der Waals surface area contributed by atoms with Gasteiger partial charge in [0.25, 0.3) is 5.91 Å². The monoisotopic (exact) mass is 423 g/mol. The van der Waals surface area contributed by atoms with Crippen molar-refractivity contribution in [2.75, 3.05) is 44.3 Å². The lowest BCUT2D eigenvalue weighted by Gasteiger charge is -2.27. The molecule has 0 aliphatic carbocycles. The van der Waals surface area contributed by atoms with Crippen molar-refractivity contribution in [2.45, 2.75) is 27.2 Å². The summed E-state index contributed by atoms with van der Waals surface area (Å²) in [5.74, 6) is 0.0189. The molecule has 0 spiro atoms. The predicted octanol–water partition coefficient (Wildman–Crippen LogP) is 4.59. The van der Waals surface area contributed by atoms with Crippen molar-refractivity contribution in [1.29, 1.82) is 0 Å². The van der Waals surface area contributed by atoms with Gasteiger partial charge in [-0.3, -0.25) is 14.6 Å². The number of aryl methyl sites for hydroxylation is 3. The number of nitrogens with zero attached hydrogens (tertiary/aromatic N) is 3. The predicted molar refractivity (Wildman–Crippen MR) is 124 cm³/mol. The number of rotatable bonds is 6. The van der Waals surface area contributed by atoms with E-state index in [-0.39, 0.29) is 5.91 Å². The Bertz CT molecular complexity index is 1020. The van der Waals surface area contributed by atoms with Crippen molar-refractivity contribution < 1.29 is 9.53 Å². The highest BCUT2D eigenvalue weighted by atomic mass is 32.1. The van der Waals surface area contributed by atoms with Gasteiger partial charge in [0, 0.05) is 31.7 Å². The summed E-state index contributed by atoms with van der Waals surface area (Å²) in [6.07, 6.45) is 0.908. The third kappa shape index (κ3) is 4.56. The zero-order valence-electron chi connectivity index (χ0n) is 18.0. The van der Waals surface area contributed by atoms with Gasteiger partial charge in [0.05, 0.1) is 23.4 Å². The Kier molecular flexibility index (Phi) is 6.46. The van der Waals surface area contributed by atoms with E-state index in [4.69, 9.17) is 9.72 Å². The maximum absolute atomic E-state index is 13.4. The van der Waals surface area contributed by atoms with E-state index in [1.54, 1.807) is 11.3 Å². The fourth-order valence-electron chi connectivity index (χ4n) is 3.74. The number of aromatic nitrogens is 1. The standard InChI is InChI=1S/C24H29N3O2S/c1-17-5-8-20(9-6-17)23(28)27(12-4-11-26-13-15-29-16-14-26)24-25-22-19(3)18(2)7-10-21(22)30-24/h5-10H,4,11-16H2,1-3H3. The van der Waals surface area contributed by atoms with Gasteiger partial charge < -0.3 is 4.74 Å². The first kappa shape index (κ1) is 21.0. The Morgan fingerprint density at radius 2 is 1.83 bits per heavy atom. The summed E-state index contributed by atoms with van der Waals surface area (Å²) in [7, 11) is 0. The molecule has 1 amide bonds. The molecule has 0 atom stereocenters. The number of thiazole rings is 1. The molecule has 1 saturated heterocycles. The van der Waals surface area contributed by atoms with Crippen molar-refractivity contribution >= 4 is 32.6 Å². The number of carbonyl (C=O) groups excluding carboxylic acids is 1. The highest BCUT2D eigenvalue weighted by molar-refractivity contribution is 7.22. The van der Waals surface area contributed by atoms with Crippen molar-refractivity contribution in [3.8, 4) is 0 Å². The molecule has 0 N–H and O–H groups in total. The second kappa shape index (κ2) is 9.25. The molecule has 1 aromatic heterocycles. The first-order valence-electron chi connectivity index (χ1n) is 10.6. The molecule has 2 heterocycles. The van der Waals surface area contributed by atoms with Crippen LogP contribution in [0.5, 0.6) is 0 Å². The lowest BCUT2D eigenvalue weighted by molar-refractivity contribution is 0.0376. The van der Waals surface area contributed by atoms with Crippen molar-refractivity contribution in [3.63, 3.8) is 0 Å². The quantitative estimate of drug-likeness (QED) is 0.582. The zero-order valence-corrected chi connectivity index (χ0v) is 18.8. The van der Waals surface area contributed by atoms with Crippen LogP contribution >= 0.6 is 11.3 Å². The van der Waals surface area contributed by atoms with Crippen LogP contribution in [0.3, 0.4) is 0 Å². The van der Waals surface area contributed by atoms with E-state index in [0.29, 0.717) is 12.1 Å². The van der Waals surface area contributed by atoms with E-state index < -0.39 is 0 Å². The number of hydrogen-bond acceptors (Lipinski definition) is 5. The third-order valence-electron chi connectivity index (χ3n) is 5.81. The summed E-state index contributed by atoms with van der Waals surface area (Å²) in [5, 5.41) is 0.784. The van der Waals surface area contributed by atoms with Crippen LogP contribution in [0.1, 0.15) is 33.5 Å². The van der Waals surface area contributed by atoms with Crippen LogP contribution in [0.2, 0.25) is 0 Å². The molecule has 0 saturated carbocycles. The van der Waals surface area contributed by atoms with Gasteiger partial charge in [0.1, 0.15) is 0 Å². The number of hydrogen-bond donors (Lipinski definition) is 0. The third-order valence-corrected chi connectivity index (χ3v) is 6.85. The topological polar surface area (TPSA) is 45.7 Å². The van der Waals surface area contributed by atoms with E-state index in [1.165, 1.54) is 11.1 Å². The Morgan fingerprint density at radius 3 is 2.57 bits per heavy atom. The fourth-order valence-corrected chi connectivity index (χ4v) is 4.79. The Labute approximate surface area is 182 Å². The van der Waals surface area contributed by atoms with E-state index in [2.05, 4.69) is 30.9 Å². The number of ether oxygens (including phenoxy) is 1. The lowest BCUT2D eigenvalue weighted by atomic mass is 10.1. The summed E-state index contributed by atoms with van der Waals surface area (Å²) in [4.78, 5) is 22.6. The first-order valence-corrected chi connectivity index (χ1v) is 11.4. The molecule has 2 aromatic carbocycles. The van der Waals surface area contributed by atoms with Gasteiger partial charge in [-0.1, -0.05) is 35.1 Å². The summed E-state index contributed by atoms with van der Waals surface area (Å²) < 4.78 is 6.57. The van der Waals surface area contributed by atoms with E-state index in [1.807, 2.05) is 36.1 Å². The van der Waals surface area contributed by atoms with Crippen LogP contribution in [0.4, 0.5) is 5.13 Å². The van der Waals surface area contributed by atoms with Gasteiger partial charge in [0.2, 0.25) is 0 Å². The van der Waals surface area contributed by atoms with Crippen LogP contribution in [0.15, 0.2) is 36.4 Å². The molecular weight excluding hydrogens is 394 g/mol. The molecule has 1 fully saturated rings. The molecule has 6 heteroatoms. The normalized spacial score (nSPS) is 14.9. The lowest BCUT2D eigenvalue weighted by Crippen LogP contribution is -2.39. The molecule has 0 bridgehead atoms. The molecule has 1 aliphatic rings. The Balaban J connectivity index is 1.59. The Morgan fingerprint density at radius 1 is 1.10 bits per heavy atom. The molecule has 158 valence electrons. The molecule has 30 heavy (non-hydrogen) atoms. The minimum atomic E-state index is 0.0189. The fraction of sp³-hybridized carbons (Fsp3) is 0.417. The smallest absolute Gasteiger partial charge is 0.260 e. The maximum atomic E-state index is 13.4. The molecule has 5 nitrogen and oxygen atoms in total. The number of carbonyl (C=O) groups is 1. The van der Waals surface area contributed by atoms with Crippen LogP contribution in [0.25, 0.3) is 10.2 Å². The van der Waals surface area contributed by atoms with Gasteiger partial charge in [-0.25, -0.2) is 4.98 Å². The van der Waals surface area contributed by atoms with Crippen molar-refractivity contribution in [3.05, 3.63) is 58.7 Å². The molecule has 0 unspecified atom stereocenters. The van der Waals surface area contributed by atoms with Crippen LogP contribution in [-0.4, -0.2) is 55.2 Å². The molecule has 3 aromatic rings. The van der Waals surface area contributed by atoms with Gasteiger partial charge >= 0.3 is 0 Å². The first-order chi connectivity index (χ1) is 14.5. The molecule has 0 radical (unpaired) electrons. The van der Waals surface area contributed by atoms with E-state index in [0.717, 1.165) is 60.2 Å². The summed E-state index contributed by atoms with van der Waals surface area (Å²) in [5.41, 5.74) is 5.27. The van der Waals surface area contributed by atoms with E-state index in [9.17, 15) is 4.79 Å². The van der Waals surface area contributed by atoms with Gasteiger partial charge in [-0.05, 0) is 56.5 Å². The van der Waals surface area contributed by atoms with Crippen LogP contribution in [0, 0.1) is 20.8 Å². The second-order valence-corrected chi connectivity index (χ2v) is 8.99. The molecule has 1 aliphatic heterocycles. The number of fused-ring (bicyclic) bond motifs is 1. The second-order valence-electron chi connectivity index (χ2n) is 7.98. The minimum absolute atomic E-state index is 0.0189. The van der Waals surface area contributed by atoms with Crippen molar-refractivity contribution in [1.82, 2.24) is 9.88 Å². The summed E-state index contributed by atoms with van der Waals surface area (Å²) in [6.45, 7) is 11.4. The van der Waals surface area contributed by atoms with Crippen LogP contribution < -0.4 is 4.90 Å². The maximum Gasteiger partial charge on any atom is 0.260 e. The summed E-state index contributed by atoms with van der Waals surface area (Å²) in [6, 6.07) is 12.0.